The van der Waals surface area contributed by atoms with Crippen LogP contribution in [0.25, 0.3) is 0 Å². The first kappa shape index (κ1) is 41.2. The molecule has 1 saturated heterocycles. The lowest BCUT2D eigenvalue weighted by Crippen LogP contribution is -2.68. The Bertz CT molecular complexity index is 1740. The summed E-state index contributed by atoms with van der Waals surface area (Å²) in [4.78, 5) is 0. The van der Waals surface area contributed by atoms with Crippen LogP contribution in [0, 0.1) is 0 Å². The fourth-order valence-electron chi connectivity index (χ4n) is 8.19. The first-order chi connectivity index (χ1) is 26.2. The Balaban J connectivity index is 1.27. The van der Waals surface area contributed by atoms with Gasteiger partial charge in [-0.2, -0.15) is 0 Å². The van der Waals surface area contributed by atoms with E-state index in [0.29, 0.717) is 0 Å². The second-order valence-electron chi connectivity index (χ2n) is 16.6. The molecule has 4 N–H and O–H groups in total. The van der Waals surface area contributed by atoms with Gasteiger partial charge in [0.15, 0.2) is 6.29 Å². The van der Waals surface area contributed by atoms with Crippen LogP contribution in [-0.2, 0) is 23.1 Å². The molecule has 0 unspecified atom stereocenters. The highest BCUT2D eigenvalue weighted by molar-refractivity contribution is 7.00. The van der Waals surface area contributed by atoms with Gasteiger partial charge in [-0.3, -0.25) is 0 Å². The Labute approximate surface area is 327 Å². The number of rotatable bonds is 12. The molecule has 6 rings (SSSR count). The number of benzene rings is 4. The third-order valence-corrected chi connectivity index (χ3v) is 21.0. The third kappa shape index (κ3) is 8.19. The van der Waals surface area contributed by atoms with E-state index < -0.39 is 65.7 Å². The molecule has 0 saturated carbocycles. The topological polar surface area (TPSA) is 127 Å². The second kappa shape index (κ2) is 16.9. The van der Waals surface area contributed by atoms with Crippen molar-refractivity contribution in [2.24, 2.45) is 0 Å². The molecular formula is C44H56O9Si2. The Morgan fingerprint density at radius 3 is 1.29 bits per heavy atom. The predicted octanol–water partition coefficient (Wildman–Crippen LogP) is 3.61. The van der Waals surface area contributed by atoms with Gasteiger partial charge in [-0.05, 0) is 36.9 Å². The van der Waals surface area contributed by atoms with E-state index in [9.17, 15) is 20.4 Å². The monoisotopic (exact) mass is 784 g/mol. The van der Waals surface area contributed by atoms with Gasteiger partial charge in [-0.1, -0.05) is 163 Å². The van der Waals surface area contributed by atoms with Gasteiger partial charge in [0, 0.05) is 0 Å². The number of hydrogen-bond acceptors (Lipinski definition) is 9. The summed E-state index contributed by atoms with van der Waals surface area (Å²) in [6.45, 7) is 12.9. The van der Waals surface area contributed by atoms with Gasteiger partial charge in [-0.15, -0.1) is 0 Å². The largest absolute Gasteiger partial charge is 0.493 e. The molecule has 55 heavy (non-hydrogen) atoms. The lowest BCUT2D eigenvalue weighted by atomic mass is 9.99. The number of ether oxygens (including phenoxy) is 3. The van der Waals surface area contributed by atoms with Gasteiger partial charge in [0.25, 0.3) is 16.6 Å². The quantitative estimate of drug-likeness (QED) is 0.160. The zero-order valence-corrected chi connectivity index (χ0v) is 34.6. The minimum atomic E-state index is -3.05. The van der Waals surface area contributed by atoms with Crippen LogP contribution < -0.4 is 20.7 Å². The zero-order valence-electron chi connectivity index (χ0n) is 32.6. The Morgan fingerprint density at radius 1 is 0.527 bits per heavy atom. The average molecular weight is 785 g/mol. The molecule has 9 nitrogen and oxygen atoms in total. The van der Waals surface area contributed by atoms with Crippen LogP contribution in [-0.4, -0.2) is 99.3 Å². The predicted molar refractivity (Wildman–Crippen MR) is 219 cm³/mol. The van der Waals surface area contributed by atoms with Crippen molar-refractivity contribution in [2.45, 2.75) is 101 Å². The van der Waals surface area contributed by atoms with Crippen molar-refractivity contribution in [3.8, 4) is 0 Å². The lowest BCUT2D eigenvalue weighted by molar-refractivity contribution is -0.323. The summed E-state index contributed by atoms with van der Waals surface area (Å²) in [5.74, 6) is 0. The highest BCUT2D eigenvalue weighted by Gasteiger charge is 2.54. The summed E-state index contributed by atoms with van der Waals surface area (Å²) in [6.07, 6.45) is -7.34. The van der Waals surface area contributed by atoms with Gasteiger partial charge in [0.1, 0.15) is 42.7 Å². The first-order valence-corrected chi connectivity index (χ1v) is 22.9. The maximum atomic E-state index is 11.3. The Morgan fingerprint density at radius 2 is 0.909 bits per heavy atom. The van der Waals surface area contributed by atoms with E-state index in [1.165, 1.54) is 12.3 Å². The molecule has 0 radical (unpaired) electrons. The van der Waals surface area contributed by atoms with E-state index in [-0.39, 0.29) is 23.3 Å². The molecule has 8 atom stereocenters. The Kier molecular flexibility index (Phi) is 12.7. The standard InChI is InChI=1S/C44H56O9Si2/c1-43(2,3)54(31-19-11-7-12-20-31,32-21-13-8-14-22-32)50-29-36-38(46)39(47)40(48)42(52-36)53-41-35(45)27-28-49-37(41)30-51-55(44(4,5)6,33-23-15-9-16-24-33)34-25-17-10-18-26-34/h7-28,35-42,45-48H,29-30H2,1-6H3/t35-,36-,37-,38+,39+,40-,41-,42+/m1/s1. The number of hydrogen-bond donors (Lipinski definition) is 4. The molecule has 2 aliphatic rings. The fraction of sp³-hybridized carbons (Fsp3) is 0.409. The molecule has 294 valence electrons. The molecule has 11 heteroatoms. The van der Waals surface area contributed by atoms with Crippen molar-refractivity contribution in [2.75, 3.05) is 13.2 Å². The van der Waals surface area contributed by atoms with Crippen molar-refractivity contribution in [3.63, 3.8) is 0 Å². The second-order valence-corrected chi connectivity index (χ2v) is 25.2. The minimum absolute atomic E-state index is 0.0493. The van der Waals surface area contributed by atoms with E-state index in [1.54, 1.807) is 0 Å². The van der Waals surface area contributed by atoms with E-state index in [1.807, 2.05) is 72.8 Å². The maximum absolute atomic E-state index is 11.3. The third-order valence-electron chi connectivity index (χ3n) is 11.0. The summed E-state index contributed by atoms with van der Waals surface area (Å²) in [5, 5.41) is 48.6. The maximum Gasteiger partial charge on any atom is 0.261 e. The van der Waals surface area contributed by atoms with Crippen molar-refractivity contribution in [3.05, 3.63) is 134 Å². The molecule has 1 fully saturated rings. The van der Waals surface area contributed by atoms with Gasteiger partial charge >= 0.3 is 0 Å². The van der Waals surface area contributed by atoms with Crippen LogP contribution in [0.3, 0.4) is 0 Å². The number of aliphatic hydroxyl groups is 4. The fourth-order valence-corrected chi connectivity index (χ4v) is 17.3. The van der Waals surface area contributed by atoms with Gasteiger partial charge in [-0.25, -0.2) is 0 Å². The molecule has 0 aromatic heterocycles. The van der Waals surface area contributed by atoms with Crippen LogP contribution in [0.1, 0.15) is 41.5 Å². The SMILES string of the molecule is CC(C)(C)[Si](OC[C@H]1O[C@@H](O[C@@H]2[C@H](O)C=CO[C@@H]2CO[Si](c2ccccc2)(c2ccccc2)C(C)(C)C)[C@H](O)[C@@H](O)[C@H]1O)(c1ccccc1)c1ccccc1. The van der Waals surface area contributed by atoms with Crippen molar-refractivity contribution in [1.29, 1.82) is 0 Å². The summed E-state index contributed by atoms with van der Waals surface area (Å²) >= 11 is 0. The van der Waals surface area contributed by atoms with Crippen LogP contribution in [0.15, 0.2) is 134 Å². The highest BCUT2D eigenvalue weighted by atomic mass is 28.4. The molecule has 0 bridgehead atoms. The van der Waals surface area contributed by atoms with Crippen LogP contribution in [0.2, 0.25) is 10.1 Å². The van der Waals surface area contributed by atoms with Crippen molar-refractivity contribution in [1.82, 2.24) is 0 Å². The highest BCUT2D eigenvalue weighted by Crippen LogP contribution is 2.39. The summed E-state index contributed by atoms with van der Waals surface area (Å²) < 4.78 is 32.9. The average Bonchev–Trinajstić information content (AvgIpc) is 3.17. The molecule has 0 aliphatic carbocycles. The normalized spacial score (nSPS) is 26.4. The zero-order chi connectivity index (χ0) is 39.4. The minimum Gasteiger partial charge on any atom is -0.493 e. The molecule has 2 heterocycles. The van der Waals surface area contributed by atoms with E-state index >= 15 is 0 Å². The van der Waals surface area contributed by atoms with Gasteiger partial charge in [0.2, 0.25) is 0 Å². The van der Waals surface area contributed by atoms with E-state index in [2.05, 4.69) is 90.1 Å². The van der Waals surface area contributed by atoms with E-state index in [0.717, 1.165) is 20.7 Å². The molecule has 0 spiro atoms. The first-order valence-electron chi connectivity index (χ1n) is 19.1. The molecular weight excluding hydrogens is 729 g/mol. The molecule has 2 aliphatic heterocycles. The summed E-state index contributed by atoms with van der Waals surface area (Å²) in [5.41, 5.74) is 0. The summed E-state index contributed by atoms with van der Waals surface area (Å²) in [7, 11) is -6.04. The molecule has 4 aromatic carbocycles. The van der Waals surface area contributed by atoms with Crippen LogP contribution in [0.4, 0.5) is 0 Å². The number of aliphatic hydroxyl groups excluding tert-OH is 4. The van der Waals surface area contributed by atoms with Gasteiger partial charge in [0.05, 0.1) is 19.5 Å². The van der Waals surface area contributed by atoms with Crippen LogP contribution >= 0.6 is 0 Å². The van der Waals surface area contributed by atoms with E-state index in [4.69, 9.17) is 23.1 Å². The smallest absolute Gasteiger partial charge is 0.261 e. The van der Waals surface area contributed by atoms with Gasteiger partial charge < -0.3 is 43.5 Å². The van der Waals surface area contributed by atoms with Crippen molar-refractivity contribution < 1.29 is 43.5 Å². The Hall–Kier alpha value is -3.47. The lowest BCUT2D eigenvalue weighted by Gasteiger charge is -2.47. The van der Waals surface area contributed by atoms with Crippen molar-refractivity contribution >= 4 is 37.4 Å². The van der Waals surface area contributed by atoms with Crippen LogP contribution in [0.5, 0.6) is 0 Å². The molecule has 4 aromatic rings. The molecule has 0 amide bonds. The summed E-state index contributed by atoms with van der Waals surface area (Å²) in [6, 6.07) is 40.6.